The largest absolute Gasteiger partial charge is 0.218 e. The Morgan fingerprint density at radius 1 is 1.33 bits per heavy atom. The van der Waals surface area contributed by atoms with Crippen LogP contribution in [0.25, 0.3) is 0 Å². The number of hydrogen-bond donors (Lipinski definition) is 0. The lowest BCUT2D eigenvalue weighted by Crippen LogP contribution is -2.44. The minimum atomic E-state index is -3.24. The highest BCUT2D eigenvalue weighted by atomic mass is 35.5. The topological polar surface area (TPSA) is 37.4 Å². The summed E-state index contributed by atoms with van der Waals surface area (Å²) in [6, 6.07) is 9.26. The number of halogens is 1. The van der Waals surface area contributed by atoms with Gasteiger partial charge in [-0.25, -0.2) is 12.7 Å². The summed E-state index contributed by atoms with van der Waals surface area (Å²) >= 11 is 6.16. The third kappa shape index (κ3) is 3.25. The molecule has 1 aromatic carbocycles. The van der Waals surface area contributed by atoms with E-state index in [0.717, 1.165) is 12.0 Å². The van der Waals surface area contributed by atoms with Crippen LogP contribution in [0.4, 0.5) is 0 Å². The van der Waals surface area contributed by atoms with Crippen LogP contribution < -0.4 is 0 Å². The van der Waals surface area contributed by atoms with Gasteiger partial charge in [0.15, 0.2) is 0 Å². The molecule has 5 heteroatoms. The minimum absolute atomic E-state index is 0.0613. The van der Waals surface area contributed by atoms with Gasteiger partial charge in [-0.3, -0.25) is 0 Å². The first-order chi connectivity index (χ1) is 8.49. The Morgan fingerprint density at radius 2 is 2.00 bits per heavy atom. The summed E-state index contributed by atoms with van der Waals surface area (Å²) in [6.07, 6.45) is 0.836. The molecule has 0 bridgehead atoms. The Morgan fingerprint density at radius 3 is 2.61 bits per heavy atom. The predicted molar refractivity (Wildman–Crippen MR) is 74.1 cm³/mol. The maximum Gasteiger partial charge on any atom is 0.218 e. The summed E-state index contributed by atoms with van der Waals surface area (Å²) in [5, 5.41) is -0.0794. The monoisotopic (exact) mass is 287 g/mol. The van der Waals surface area contributed by atoms with E-state index in [1.807, 2.05) is 30.3 Å². The average molecular weight is 288 g/mol. The summed E-state index contributed by atoms with van der Waals surface area (Å²) in [5.41, 5.74) is 0.822. The normalized spacial score (nSPS) is 26.1. The van der Waals surface area contributed by atoms with Crippen LogP contribution in [-0.4, -0.2) is 31.2 Å². The predicted octanol–water partition coefficient (Wildman–Crippen LogP) is 2.47. The number of sulfonamides is 1. The molecule has 1 fully saturated rings. The molecule has 1 aromatic rings. The molecule has 2 unspecified atom stereocenters. The molecule has 1 aliphatic rings. The molecule has 0 spiro atoms. The van der Waals surface area contributed by atoms with Crippen molar-refractivity contribution in [2.45, 2.75) is 24.5 Å². The average Bonchev–Trinajstić information content (AvgIpc) is 2.33. The smallest absolute Gasteiger partial charge is 0.212 e. The lowest BCUT2D eigenvalue weighted by molar-refractivity contribution is 0.293. The third-order valence-electron chi connectivity index (χ3n) is 3.41. The fourth-order valence-corrected chi connectivity index (χ4v) is 4.07. The lowest BCUT2D eigenvalue weighted by atomic mass is 10.0. The highest BCUT2D eigenvalue weighted by Gasteiger charge is 2.31. The van der Waals surface area contributed by atoms with Crippen LogP contribution >= 0.6 is 11.6 Å². The van der Waals surface area contributed by atoms with Crippen molar-refractivity contribution < 1.29 is 8.42 Å². The molecule has 0 aliphatic carbocycles. The molecule has 0 aromatic heterocycles. The second-order valence-electron chi connectivity index (χ2n) is 4.88. The van der Waals surface area contributed by atoms with Crippen molar-refractivity contribution >= 4 is 21.6 Å². The first-order valence-electron chi connectivity index (χ1n) is 6.15. The van der Waals surface area contributed by atoms with E-state index >= 15 is 0 Å². The van der Waals surface area contributed by atoms with Crippen LogP contribution in [0.1, 0.15) is 18.9 Å². The first kappa shape index (κ1) is 13.8. The van der Waals surface area contributed by atoms with Gasteiger partial charge in [-0.2, -0.15) is 0 Å². The van der Waals surface area contributed by atoms with Crippen LogP contribution in [-0.2, 0) is 15.8 Å². The maximum absolute atomic E-state index is 12.3. The molecule has 18 heavy (non-hydrogen) atoms. The van der Waals surface area contributed by atoms with Gasteiger partial charge < -0.3 is 0 Å². The molecule has 1 aliphatic heterocycles. The van der Waals surface area contributed by atoms with Gasteiger partial charge >= 0.3 is 0 Å². The van der Waals surface area contributed by atoms with E-state index in [1.165, 1.54) is 4.31 Å². The first-order valence-corrected chi connectivity index (χ1v) is 8.19. The van der Waals surface area contributed by atoms with Gasteiger partial charge in [0.05, 0.1) is 5.75 Å². The van der Waals surface area contributed by atoms with Gasteiger partial charge in [-0.1, -0.05) is 37.3 Å². The Hall–Kier alpha value is -0.580. The summed E-state index contributed by atoms with van der Waals surface area (Å²) in [7, 11) is -3.24. The molecule has 2 atom stereocenters. The van der Waals surface area contributed by atoms with E-state index in [4.69, 9.17) is 11.6 Å². The Labute approximate surface area is 114 Å². The lowest BCUT2D eigenvalue weighted by Gasteiger charge is -2.33. The number of piperidine rings is 1. The molecule has 100 valence electrons. The fraction of sp³-hybridized carbons (Fsp3) is 0.538. The quantitative estimate of drug-likeness (QED) is 0.801. The van der Waals surface area contributed by atoms with Crippen LogP contribution in [0.5, 0.6) is 0 Å². The summed E-state index contributed by atoms with van der Waals surface area (Å²) in [5.74, 6) is 0.445. The molecule has 3 nitrogen and oxygen atoms in total. The molecule has 0 amide bonds. The third-order valence-corrected chi connectivity index (χ3v) is 5.80. The van der Waals surface area contributed by atoms with E-state index in [9.17, 15) is 8.42 Å². The summed E-state index contributed by atoms with van der Waals surface area (Å²) < 4.78 is 26.1. The Kier molecular flexibility index (Phi) is 4.30. The maximum atomic E-state index is 12.3. The number of alkyl halides is 1. The highest BCUT2D eigenvalue weighted by molar-refractivity contribution is 7.88. The molecule has 2 rings (SSSR count). The molecular formula is C13H18ClNO2S. The van der Waals surface area contributed by atoms with Crippen molar-refractivity contribution in [3.8, 4) is 0 Å². The van der Waals surface area contributed by atoms with Gasteiger partial charge in [-0.15, -0.1) is 11.6 Å². The van der Waals surface area contributed by atoms with E-state index < -0.39 is 10.0 Å². The van der Waals surface area contributed by atoms with Gasteiger partial charge in [0.25, 0.3) is 0 Å². The van der Waals surface area contributed by atoms with Crippen molar-refractivity contribution in [1.29, 1.82) is 0 Å². The van der Waals surface area contributed by atoms with E-state index in [-0.39, 0.29) is 11.1 Å². The van der Waals surface area contributed by atoms with Crippen LogP contribution in [0, 0.1) is 5.92 Å². The van der Waals surface area contributed by atoms with Crippen molar-refractivity contribution in [3.05, 3.63) is 35.9 Å². The van der Waals surface area contributed by atoms with Crippen LogP contribution in [0.3, 0.4) is 0 Å². The van der Waals surface area contributed by atoms with Crippen molar-refractivity contribution in [1.82, 2.24) is 4.31 Å². The summed E-state index contributed by atoms with van der Waals surface area (Å²) in [4.78, 5) is 0. The molecule has 0 N–H and O–H groups in total. The Balaban J connectivity index is 2.08. The zero-order valence-electron chi connectivity index (χ0n) is 10.4. The standard InChI is InChI=1S/C13H18ClNO2S/c1-11-7-8-15(9-13(11)14)18(16,17)10-12-5-3-2-4-6-12/h2-6,11,13H,7-10H2,1H3. The zero-order chi connectivity index (χ0) is 13.2. The molecule has 1 heterocycles. The van der Waals surface area contributed by atoms with Gasteiger partial charge in [0.1, 0.15) is 0 Å². The number of hydrogen-bond acceptors (Lipinski definition) is 2. The van der Waals surface area contributed by atoms with E-state index in [0.29, 0.717) is 19.0 Å². The Bertz CT molecular complexity index is 489. The number of rotatable bonds is 3. The minimum Gasteiger partial charge on any atom is -0.212 e. The highest BCUT2D eigenvalue weighted by Crippen LogP contribution is 2.24. The van der Waals surface area contributed by atoms with Gasteiger partial charge in [0, 0.05) is 18.5 Å². The molecule has 0 radical (unpaired) electrons. The van der Waals surface area contributed by atoms with Crippen molar-refractivity contribution in [2.24, 2.45) is 5.92 Å². The van der Waals surface area contributed by atoms with Crippen molar-refractivity contribution in [2.75, 3.05) is 13.1 Å². The second kappa shape index (κ2) is 5.59. The van der Waals surface area contributed by atoms with E-state index in [2.05, 4.69) is 6.92 Å². The summed E-state index contributed by atoms with van der Waals surface area (Å²) in [6.45, 7) is 3.08. The van der Waals surface area contributed by atoms with Crippen molar-refractivity contribution in [3.63, 3.8) is 0 Å². The van der Waals surface area contributed by atoms with Crippen LogP contribution in [0.2, 0.25) is 0 Å². The van der Waals surface area contributed by atoms with Gasteiger partial charge in [0.2, 0.25) is 10.0 Å². The molecule has 0 saturated carbocycles. The second-order valence-corrected chi connectivity index (χ2v) is 7.41. The van der Waals surface area contributed by atoms with Crippen LogP contribution in [0.15, 0.2) is 30.3 Å². The molecule has 1 saturated heterocycles. The zero-order valence-corrected chi connectivity index (χ0v) is 12.0. The van der Waals surface area contributed by atoms with E-state index in [1.54, 1.807) is 0 Å². The SMILES string of the molecule is CC1CCN(S(=O)(=O)Cc2ccccc2)CC1Cl. The number of benzene rings is 1. The van der Waals surface area contributed by atoms with Gasteiger partial charge in [-0.05, 0) is 17.9 Å². The fourth-order valence-electron chi connectivity index (χ4n) is 2.12. The molecular weight excluding hydrogens is 270 g/mol. The number of nitrogens with zero attached hydrogens (tertiary/aromatic N) is 1.